The molecule has 25 heavy (non-hydrogen) atoms. The first-order valence-electron chi connectivity index (χ1n) is 8.44. The Kier molecular flexibility index (Phi) is 5.34. The highest BCUT2D eigenvalue weighted by atomic mass is 35.5. The molecular formula is C21H21ClN2O. The van der Waals surface area contributed by atoms with Gasteiger partial charge in [0.2, 0.25) is 0 Å². The van der Waals surface area contributed by atoms with Crippen molar-refractivity contribution in [1.29, 1.82) is 0 Å². The van der Waals surface area contributed by atoms with Crippen LogP contribution in [0.1, 0.15) is 45.5 Å². The zero-order valence-corrected chi connectivity index (χ0v) is 15.2. The first-order chi connectivity index (χ1) is 12.1. The van der Waals surface area contributed by atoms with Gasteiger partial charge in [0.15, 0.2) is 0 Å². The van der Waals surface area contributed by atoms with E-state index < -0.39 is 0 Å². The molecule has 0 saturated heterocycles. The second-order valence-corrected chi connectivity index (χ2v) is 6.73. The van der Waals surface area contributed by atoms with Gasteiger partial charge in [-0.25, -0.2) is 5.43 Å². The number of rotatable bonds is 3. The lowest BCUT2D eigenvalue weighted by molar-refractivity contribution is 0.0955. The van der Waals surface area contributed by atoms with Gasteiger partial charge in [0.25, 0.3) is 5.91 Å². The average Bonchev–Trinajstić information content (AvgIpc) is 2.76. The largest absolute Gasteiger partial charge is 0.271 e. The summed E-state index contributed by atoms with van der Waals surface area (Å²) in [4.78, 5) is 12.0. The molecule has 0 heterocycles. The summed E-state index contributed by atoms with van der Waals surface area (Å²) in [7, 11) is 0. The number of hydrogen-bond donors (Lipinski definition) is 1. The lowest BCUT2D eigenvalue weighted by Gasteiger charge is -2.10. The molecule has 3 rings (SSSR count). The molecule has 0 spiro atoms. The lowest BCUT2D eigenvalue weighted by Crippen LogP contribution is -2.17. The van der Waals surface area contributed by atoms with Crippen molar-refractivity contribution in [2.45, 2.75) is 33.1 Å². The fraction of sp³-hybridized carbons (Fsp3) is 0.238. The lowest BCUT2D eigenvalue weighted by atomic mass is 9.98. The number of aryl methyl sites for hydroxylation is 3. The van der Waals surface area contributed by atoms with Gasteiger partial charge in [-0.2, -0.15) is 5.10 Å². The third-order valence-electron chi connectivity index (χ3n) is 4.55. The van der Waals surface area contributed by atoms with Gasteiger partial charge in [-0.1, -0.05) is 35.9 Å². The topological polar surface area (TPSA) is 41.5 Å². The Morgan fingerprint density at radius 1 is 1.12 bits per heavy atom. The summed E-state index contributed by atoms with van der Waals surface area (Å²) in [5.41, 5.74) is 8.99. The molecule has 0 radical (unpaired) electrons. The number of allylic oxidation sites excluding steroid dienone is 1. The van der Waals surface area contributed by atoms with E-state index in [0.717, 1.165) is 35.4 Å². The maximum atomic E-state index is 12.0. The SMILES string of the molecule is Cc1cc2c(cc1C)C(Cl)=C(/C=N/NC(=O)c1ccccc1)CCC2. The molecular weight excluding hydrogens is 332 g/mol. The molecule has 2 aromatic carbocycles. The second kappa shape index (κ2) is 7.66. The van der Waals surface area contributed by atoms with Crippen molar-refractivity contribution in [1.82, 2.24) is 5.43 Å². The number of amides is 1. The van der Waals surface area contributed by atoms with Crippen LogP contribution in [0, 0.1) is 13.8 Å². The summed E-state index contributed by atoms with van der Waals surface area (Å²) in [6, 6.07) is 13.4. The van der Waals surface area contributed by atoms with Crippen LogP contribution in [0.5, 0.6) is 0 Å². The molecule has 0 fully saturated rings. The molecule has 128 valence electrons. The molecule has 3 nitrogen and oxygen atoms in total. The van der Waals surface area contributed by atoms with E-state index in [9.17, 15) is 4.79 Å². The number of hydrogen-bond acceptors (Lipinski definition) is 2. The summed E-state index contributed by atoms with van der Waals surface area (Å²) in [6.07, 6.45) is 4.53. The van der Waals surface area contributed by atoms with Crippen LogP contribution in [-0.2, 0) is 6.42 Å². The second-order valence-electron chi connectivity index (χ2n) is 6.35. The number of carbonyl (C=O) groups excluding carboxylic acids is 1. The van der Waals surface area contributed by atoms with E-state index in [4.69, 9.17) is 11.6 Å². The van der Waals surface area contributed by atoms with Crippen molar-refractivity contribution in [3.05, 3.63) is 75.9 Å². The molecule has 1 N–H and O–H groups in total. The summed E-state index contributed by atoms with van der Waals surface area (Å²) in [5, 5.41) is 4.84. The van der Waals surface area contributed by atoms with Gasteiger partial charge in [0, 0.05) is 5.56 Å². The monoisotopic (exact) mass is 352 g/mol. The van der Waals surface area contributed by atoms with E-state index >= 15 is 0 Å². The van der Waals surface area contributed by atoms with Crippen molar-refractivity contribution in [3.63, 3.8) is 0 Å². The van der Waals surface area contributed by atoms with Crippen molar-refractivity contribution >= 4 is 28.8 Å². The summed E-state index contributed by atoms with van der Waals surface area (Å²) < 4.78 is 0. The maximum Gasteiger partial charge on any atom is 0.271 e. The fourth-order valence-corrected chi connectivity index (χ4v) is 3.30. The zero-order valence-electron chi connectivity index (χ0n) is 14.5. The summed E-state index contributed by atoms with van der Waals surface area (Å²) in [5.74, 6) is -0.228. The quantitative estimate of drug-likeness (QED) is 0.612. The Morgan fingerprint density at radius 3 is 2.60 bits per heavy atom. The van der Waals surface area contributed by atoms with Crippen LogP contribution in [-0.4, -0.2) is 12.1 Å². The Balaban J connectivity index is 1.81. The number of benzene rings is 2. The molecule has 0 atom stereocenters. The number of nitrogens with one attached hydrogen (secondary N) is 1. The van der Waals surface area contributed by atoms with Crippen molar-refractivity contribution in [2.24, 2.45) is 5.10 Å². The highest BCUT2D eigenvalue weighted by Gasteiger charge is 2.16. The van der Waals surface area contributed by atoms with E-state index in [1.807, 2.05) is 18.2 Å². The van der Waals surface area contributed by atoms with E-state index in [0.29, 0.717) is 5.56 Å². The van der Waals surface area contributed by atoms with Crippen LogP contribution in [0.15, 0.2) is 53.1 Å². The standard InChI is InChI=1S/C21H21ClN2O/c1-14-11-17-9-6-10-18(20(22)19(17)12-15(14)2)13-23-24-21(25)16-7-4-3-5-8-16/h3-5,7-8,11-13H,6,9-10H2,1-2H3,(H,24,25)/b23-13+. The van der Waals surface area contributed by atoms with Gasteiger partial charge in [-0.15, -0.1) is 0 Å². The van der Waals surface area contributed by atoms with Gasteiger partial charge in [-0.05, 0) is 79.1 Å². The van der Waals surface area contributed by atoms with E-state index in [1.54, 1.807) is 18.3 Å². The highest BCUT2D eigenvalue weighted by Crippen LogP contribution is 2.33. The summed E-state index contributed by atoms with van der Waals surface area (Å²) >= 11 is 6.65. The van der Waals surface area contributed by atoms with Crippen molar-refractivity contribution in [3.8, 4) is 0 Å². The molecule has 0 bridgehead atoms. The number of nitrogens with zero attached hydrogens (tertiary/aromatic N) is 1. The third kappa shape index (κ3) is 3.99. The van der Waals surface area contributed by atoms with Gasteiger partial charge in [0.05, 0.1) is 11.2 Å². The molecule has 2 aromatic rings. The predicted octanol–water partition coefficient (Wildman–Crippen LogP) is 5.01. The van der Waals surface area contributed by atoms with Crippen LogP contribution < -0.4 is 5.43 Å². The molecule has 0 aromatic heterocycles. The Hall–Kier alpha value is -2.39. The molecule has 1 amide bonds. The van der Waals surface area contributed by atoms with Crippen LogP contribution in [0.2, 0.25) is 0 Å². The fourth-order valence-electron chi connectivity index (χ4n) is 2.98. The van der Waals surface area contributed by atoms with Crippen molar-refractivity contribution < 1.29 is 4.79 Å². The molecule has 0 aliphatic heterocycles. The maximum absolute atomic E-state index is 12.0. The van der Waals surface area contributed by atoms with Crippen LogP contribution in [0.25, 0.3) is 5.03 Å². The highest BCUT2D eigenvalue weighted by molar-refractivity contribution is 6.50. The van der Waals surface area contributed by atoms with Gasteiger partial charge in [-0.3, -0.25) is 4.79 Å². The minimum atomic E-state index is -0.228. The Labute approximate surface area is 153 Å². The first-order valence-corrected chi connectivity index (χ1v) is 8.81. The number of hydrazone groups is 1. The van der Waals surface area contributed by atoms with Crippen LogP contribution >= 0.6 is 11.6 Å². The van der Waals surface area contributed by atoms with Gasteiger partial charge >= 0.3 is 0 Å². The molecule has 1 aliphatic carbocycles. The Morgan fingerprint density at radius 2 is 1.84 bits per heavy atom. The summed E-state index contributed by atoms with van der Waals surface area (Å²) in [6.45, 7) is 4.22. The first kappa shape index (κ1) is 17.4. The van der Waals surface area contributed by atoms with Crippen molar-refractivity contribution in [2.75, 3.05) is 0 Å². The number of carbonyl (C=O) groups is 1. The van der Waals surface area contributed by atoms with Gasteiger partial charge in [0.1, 0.15) is 0 Å². The minimum absolute atomic E-state index is 0.228. The minimum Gasteiger partial charge on any atom is -0.267 e. The van der Waals surface area contributed by atoms with Gasteiger partial charge < -0.3 is 0 Å². The Bertz CT molecular complexity index is 854. The normalized spacial score (nSPS) is 14.4. The predicted molar refractivity (Wildman–Crippen MR) is 104 cm³/mol. The molecule has 0 unspecified atom stereocenters. The number of halogens is 1. The molecule has 0 saturated carbocycles. The van der Waals surface area contributed by atoms with E-state index in [1.165, 1.54) is 16.7 Å². The smallest absolute Gasteiger partial charge is 0.267 e. The molecule has 4 heteroatoms. The zero-order chi connectivity index (χ0) is 17.8. The van der Waals surface area contributed by atoms with E-state index in [-0.39, 0.29) is 5.91 Å². The van der Waals surface area contributed by atoms with E-state index in [2.05, 4.69) is 36.5 Å². The third-order valence-corrected chi connectivity index (χ3v) is 5.00. The average molecular weight is 353 g/mol. The number of fused-ring (bicyclic) bond motifs is 1. The van der Waals surface area contributed by atoms with Crippen LogP contribution in [0.4, 0.5) is 0 Å². The molecule has 1 aliphatic rings. The van der Waals surface area contributed by atoms with Crippen LogP contribution in [0.3, 0.4) is 0 Å².